The third-order valence-corrected chi connectivity index (χ3v) is 2.18. The molecule has 0 unspecified atom stereocenters. The predicted octanol–water partition coefficient (Wildman–Crippen LogP) is 4.29. The third kappa shape index (κ3) is 12.0. The summed E-state index contributed by atoms with van der Waals surface area (Å²) in [5, 5.41) is 17.3. The van der Waals surface area contributed by atoms with Gasteiger partial charge >= 0.3 is 0 Å². The molecule has 3 aromatic rings. The van der Waals surface area contributed by atoms with Gasteiger partial charge in [-0.15, -0.1) is 0 Å². The number of rotatable bonds is 0. The fraction of sp³-hybridized carbons (Fsp3) is 0. The molecule has 114 valence electrons. The molecular formula is C19H20O3. The molecule has 0 radical (unpaired) electrons. The molecule has 3 rings (SSSR count). The van der Waals surface area contributed by atoms with Gasteiger partial charge in [0.25, 0.3) is 0 Å². The molecule has 0 saturated carbocycles. The second-order valence-electron chi connectivity index (χ2n) is 3.83. The maximum atomic E-state index is 8.63. The number of carbonyl (C=O) groups is 1. The lowest BCUT2D eigenvalue weighted by atomic mass is 10.3. The first kappa shape index (κ1) is 18.9. The summed E-state index contributed by atoms with van der Waals surface area (Å²) in [4.78, 5) is 8.00. The van der Waals surface area contributed by atoms with Gasteiger partial charge in [-0.05, 0) is 24.3 Å². The number of carbonyl (C=O) groups excluding carboxylic acids is 1. The van der Waals surface area contributed by atoms with Crippen LogP contribution in [-0.4, -0.2) is 17.0 Å². The molecule has 0 bridgehead atoms. The van der Waals surface area contributed by atoms with E-state index in [1.54, 1.807) is 48.5 Å². The second kappa shape index (κ2) is 14.3. The van der Waals surface area contributed by atoms with Crippen LogP contribution < -0.4 is 0 Å². The normalized spacial score (nSPS) is 7.82. The summed E-state index contributed by atoms with van der Waals surface area (Å²) in [5.74, 6) is 0.644. The van der Waals surface area contributed by atoms with Crippen molar-refractivity contribution in [3.05, 3.63) is 97.1 Å². The number of aromatic hydroxyl groups is 2. The Morgan fingerprint density at radius 1 is 0.455 bits per heavy atom. The molecule has 0 atom stereocenters. The van der Waals surface area contributed by atoms with Crippen LogP contribution in [0.1, 0.15) is 0 Å². The Morgan fingerprint density at radius 3 is 0.773 bits per heavy atom. The van der Waals surface area contributed by atoms with E-state index in [4.69, 9.17) is 15.0 Å². The van der Waals surface area contributed by atoms with Crippen molar-refractivity contribution in [1.82, 2.24) is 0 Å². The standard InChI is InChI=1S/2C6H6O.C6H6.CH2O/c2*7-6-4-2-1-3-5-6;1-2-4-6-5-3-1;1-2/h2*1-5,7H;1-6H;1H2. The van der Waals surface area contributed by atoms with E-state index in [1.807, 2.05) is 55.3 Å². The van der Waals surface area contributed by atoms with Crippen molar-refractivity contribution in [1.29, 1.82) is 0 Å². The van der Waals surface area contributed by atoms with E-state index < -0.39 is 0 Å². The highest BCUT2D eigenvalue weighted by molar-refractivity contribution is 5.19. The van der Waals surface area contributed by atoms with Gasteiger partial charge in [0.1, 0.15) is 18.3 Å². The maximum Gasteiger partial charge on any atom is 0.115 e. The van der Waals surface area contributed by atoms with E-state index in [-0.39, 0.29) is 0 Å². The van der Waals surface area contributed by atoms with Gasteiger partial charge in [-0.25, -0.2) is 0 Å². The lowest BCUT2D eigenvalue weighted by Gasteiger charge is -1.82. The SMILES string of the molecule is C=O.Oc1ccccc1.Oc1ccccc1.c1ccccc1. The molecule has 3 nitrogen and oxygen atoms in total. The Balaban J connectivity index is 0.000000285. The van der Waals surface area contributed by atoms with E-state index in [0.717, 1.165) is 0 Å². The third-order valence-electron chi connectivity index (χ3n) is 2.18. The molecule has 3 aromatic carbocycles. The molecule has 0 fully saturated rings. The molecule has 22 heavy (non-hydrogen) atoms. The van der Waals surface area contributed by atoms with E-state index in [2.05, 4.69) is 0 Å². The Kier molecular flexibility index (Phi) is 12.3. The second-order valence-corrected chi connectivity index (χ2v) is 3.83. The number of phenolic OH excluding ortho intramolecular Hbond substituents is 2. The van der Waals surface area contributed by atoms with Crippen LogP contribution in [0.4, 0.5) is 0 Å². The zero-order valence-corrected chi connectivity index (χ0v) is 12.2. The molecule has 0 aromatic heterocycles. The van der Waals surface area contributed by atoms with Crippen molar-refractivity contribution >= 4 is 6.79 Å². The summed E-state index contributed by atoms with van der Waals surface area (Å²) in [6, 6.07) is 29.4. The van der Waals surface area contributed by atoms with Crippen LogP contribution in [0.2, 0.25) is 0 Å². The van der Waals surface area contributed by atoms with Gasteiger partial charge in [0.15, 0.2) is 0 Å². The van der Waals surface area contributed by atoms with Crippen molar-refractivity contribution in [3.8, 4) is 11.5 Å². The first-order chi connectivity index (χ1) is 10.8. The number of benzene rings is 3. The summed E-state index contributed by atoms with van der Waals surface area (Å²) in [6.07, 6.45) is 0. The van der Waals surface area contributed by atoms with Crippen molar-refractivity contribution in [2.75, 3.05) is 0 Å². The highest BCUT2D eigenvalue weighted by atomic mass is 16.3. The minimum Gasteiger partial charge on any atom is -0.508 e. The number of hydrogen-bond acceptors (Lipinski definition) is 3. The van der Waals surface area contributed by atoms with E-state index >= 15 is 0 Å². The summed E-state index contributed by atoms with van der Waals surface area (Å²) in [6.45, 7) is 2.00. The van der Waals surface area contributed by atoms with Crippen LogP contribution >= 0.6 is 0 Å². The van der Waals surface area contributed by atoms with Crippen LogP contribution in [0, 0.1) is 0 Å². The minimum atomic E-state index is 0.322. The minimum absolute atomic E-state index is 0.322. The zero-order chi connectivity index (χ0) is 16.5. The van der Waals surface area contributed by atoms with Gasteiger partial charge < -0.3 is 15.0 Å². The average molecular weight is 296 g/mol. The first-order valence-electron chi connectivity index (χ1n) is 6.56. The van der Waals surface area contributed by atoms with Crippen LogP contribution in [0.25, 0.3) is 0 Å². The number of hydrogen-bond donors (Lipinski definition) is 2. The Hall–Kier alpha value is -3.07. The summed E-state index contributed by atoms with van der Waals surface area (Å²) < 4.78 is 0. The topological polar surface area (TPSA) is 57.5 Å². The highest BCUT2D eigenvalue weighted by Crippen LogP contribution is 2.03. The number of phenols is 2. The molecule has 0 amide bonds. The lowest BCUT2D eigenvalue weighted by molar-refractivity contribution is -0.0979. The van der Waals surface area contributed by atoms with Crippen molar-refractivity contribution < 1.29 is 15.0 Å². The Morgan fingerprint density at radius 2 is 0.636 bits per heavy atom. The average Bonchev–Trinajstić information content (AvgIpc) is 2.61. The molecule has 0 saturated heterocycles. The lowest BCUT2D eigenvalue weighted by Crippen LogP contribution is -1.56. The van der Waals surface area contributed by atoms with E-state index in [1.165, 1.54) is 0 Å². The van der Waals surface area contributed by atoms with E-state index in [9.17, 15) is 0 Å². The molecule has 0 aliphatic heterocycles. The Bertz CT molecular complexity index is 490. The largest absolute Gasteiger partial charge is 0.508 e. The van der Waals surface area contributed by atoms with E-state index in [0.29, 0.717) is 11.5 Å². The van der Waals surface area contributed by atoms with Crippen LogP contribution in [0.5, 0.6) is 11.5 Å². The van der Waals surface area contributed by atoms with Crippen LogP contribution in [-0.2, 0) is 4.79 Å². The van der Waals surface area contributed by atoms with Crippen LogP contribution in [0.3, 0.4) is 0 Å². The number of para-hydroxylation sites is 2. The first-order valence-corrected chi connectivity index (χ1v) is 6.56. The molecule has 0 heterocycles. The van der Waals surface area contributed by atoms with Gasteiger partial charge in [0, 0.05) is 0 Å². The van der Waals surface area contributed by atoms with Gasteiger partial charge in [-0.3, -0.25) is 0 Å². The Labute approximate surface area is 131 Å². The summed E-state index contributed by atoms with van der Waals surface area (Å²) >= 11 is 0. The predicted molar refractivity (Wildman–Crippen MR) is 89.8 cm³/mol. The van der Waals surface area contributed by atoms with Gasteiger partial charge in [0.05, 0.1) is 0 Å². The molecular weight excluding hydrogens is 276 g/mol. The van der Waals surface area contributed by atoms with Crippen molar-refractivity contribution in [2.45, 2.75) is 0 Å². The highest BCUT2D eigenvalue weighted by Gasteiger charge is 1.75. The summed E-state index contributed by atoms with van der Waals surface area (Å²) in [7, 11) is 0. The van der Waals surface area contributed by atoms with Crippen LogP contribution in [0.15, 0.2) is 97.1 Å². The van der Waals surface area contributed by atoms with Crippen molar-refractivity contribution in [2.24, 2.45) is 0 Å². The van der Waals surface area contributed by atoms with Gasteiger partial charge in [-0.1, -0.05) is 72.8 Å². The summed E-state index contributed by atoms with van der Waals surface area (Å²) in [5.41, 5.74) is 0. The molecule has 3 heteroatoms. The molecule has 2 N–H and O–H groups in total. The monoisotopic (exact) mass is 296 g/mol. The smallest absolute Gasteiger partial charge is 0.115 e. The fourth-order valence-electron chi connectivity index (χ4n) is 1.24. The molecule has 0 aliphatic rings. The zero-order valence-electron chi connectivity index (χ0n) is 12.2. The molecule has 0 aliphatic carbocycles. The maximum absolute atomic E-state index is 8.63. The molecule has 0 spiro atoms. The van der Waals surface area contributed by atoms with Gasteiger partial charge in [0.2, 0.25) is 0 Å². The van der Waals surface area contributed by atoms with Crippen molar-refractivity contribution in [3.63, 3.8) is 0 Å². The quantitative estimate of drug-likeness (QED) is 0.650. The fourth-order valence-corrected chi connectivity index (χ4v) is 1.24. The van der Waals surface area contributed by atoms with Gasteiger partial charge in [-0.2, -0.15) is 0 Å².